The highest BCUT2D eigenvalue weighted by atomic mass is 32.1. The van der Waals surface area contributed by atoms with Crippen LogP contribution in [-0.2, 0) is 47.2 Å². The van der Waals surface area contributed by atoms with Crippen LogP contribution in [0.2, 0.25) is 0 Å². The molecule has 0 saturated carbocycles. The monoisotopic (exact) mass is 1840 g/mol. The molecule has 0 atom stereocenters. The van der Waals surface area contributed by atoms with Gasteiger partial charge in [0.05, 0.1) is 68.1 Å². The van der Waals surface area contributed by atoms with Crippen molar-refractivity contribution in [3.63, 3.8) is 0 Å². The van der Waals surface area contributed by atoms with Crippen molar-refractivity contribution in [1.29, 1.82) is 0 Å². The van der Waals surface area contributed by atoms with E-state index in [0.29, 0.717) is 92.2 Å². The fourth-order valence-corrected chi connectivity index (χ4v) is 16.8. The number of carbonyl (C=O) groups excluding carboxylic acids is 4. The summed E-state index contributed by atoms with van der Waals surface area (Å²) in [6, 6.07) is 46.1. The van der Waals surface area contributed by atoms with E-state index >= 15 is 0 Å². The third-order valence-corrected chi connectivity index (χ3v) is 24.7. The van der Waals surface area contributed by atoms with Gasteiger partial charge in [-0.05, 0) is 122 Å². The highest BCUT2D eigenvalue weighted by Gasteiger charge is 2.28. The zero-order valence-electron chi connectivity index (χ0n) is 72.9. The summed E-state index contributed by atoms with van der Waals surface area (Å²) in [7, 11) is 5.94. The SMILES string of the molecule is CC(=NCC(=O)c1ccc(C(=O)O)s1)c1nn(C)c(-c2ccc(C)cc2)c1O.CC(=NCC(=S)Cc1ccc(C(=O)O)c([N+](=O)[O-])c1)c1csc(-c2ccc(C(C)(C)C)cc2)c1O.COC(=O)c1ccc(C(=O)CN=C(C)c2nn(C)c(-c3ccc(C)cc3)c2O)s1.COC(=O)c1ccc(CC(=S)CN=C(C)c2csc(-c3ccc(C(C)(C)C)cc3)c2O)cc1[N+](=O)[O-]. The van der Waals surface area contributed by atoms with Crippen molar-refractivity contribution in [2.24, 2.45) is 34.1 Å². The highest BCUT2D eigenvalue weighted by molar-refractivity contribution is 7.80. The van der Waals surface area contributed by atoms with Crippen molar-refractivity contribution in [3.05, 3.63) is 275 Å². The van der Waals surface area contributed by atoms with Crippen molar-refractivity contribution < 1.29 is 78.7 Å². The molecule has 128 heavy (non-hydrogen) atoms. The lowest BCUT2D eigenvalue weighted by atomic mass is 9.86. The highest BCUT2D eigenvalue weighted by Crippen LogP contribution is 2.42. The molecule has 6 aromatic carbocycles. The zero-order chi connectivity index (χ0) is 94.1. The maximum absolute atomic E-state index is 12.4. The molecular weight excluding hydrogens is 1750 g/mol. The molecule has 0 amide bonds. The van der Waals surface area contributed by atoms with Crippen LogP contribution in [0.4, 0.5) is 11.4 Å². The Labute approximate surface area is 765 Å². The molecule has 0 aliphatic rings. The number of rotatable bonds is 28. The lowest BCUT2D eigenvalue weighted by molar-refractivity contribution is -0.385. The number of Topliss-reactive ketones (excluding diaryl/α,β-unsaturated/α-hetero) is 2. The molecule has 6 aromatic heterocycles. The summed E-state index contributed by atoms with van der Waals surface area (Å²) < 4.78 is 12.4. The Balaban J connectivity index is 0.000000194. The number of aromatic hydroxyl groups is 4. The van der Waals surface area contributed by atoms with Gasteiger partial charge in [-0.2, -0.15) is 10.2 Å². The molecule has 28 nitrogen and oxygen atoms in total. The Morgan fingerprint density at radius 2 is 0.781 bits per heavy atom. The van der Waals surface area contributed by atoms with E-state index in [2.05, 4.69) is 105 Å². The number of thiocarbonyl (C=S) groups is 2. The Morgan fingerprint density at radius 1 is 0.438 bits per heavy atom. The van der Waals surface area contributed by atoms with Crippen LogP contribution >= 0.6 is 69.8 Å². The number of nitro benzene ring substituents is 2. The molecule has 6 N–H and O–H groups in total. The van der Waals surface area contributed by atoms with E-state index in [1.54, 1.807) is 62.4 Å². The van der Waals surface area contributed by atoms with Crippen molar-refractivity contribution in [2.45, 2.75) is 107 Å². The molecular formula is C94H94N10O18S6. The van der Waals surface area contributed by atoms with Crippen LogP contribution in [-0.4, -0.2) is 168 Å². The van der Waals surface area contributed by atoms with Gasteiger partial charge in [0.15, 0.2) is 23.1 Å². The first-order chi connectivity index (χ1) is 60.4. The average Bonchev–Trinajstić information content (AvgIpc) is 1.66. The average molecular weight is 1840 g/mol. The van der Waals surface area contributed by atoms with Gasteiger partial charge in [0.25, 0.3) is 11.4 Å². The largest absolute Gasteiger partial charge is 0.506 e. The van der Waals surface area contributed by atoms with Gasteiger partial charge < -0.3 is 40.1 Å². The van der Waals surface area contributed by atoms with Gasteiger partial charge in [-0.1, -0.05) is 186 Å². The van der Waals surface area contributed by atoms with Crippen LogP contribution in [0.15, 0.2) is 188 Å². The Hall–Kier alpha value is -13.4. The third-order valence-electron chi connectivity index (χ3n) is 19.9. The first-order valence-electron chi connectivity index (χ1n) is 39.4. The second kappa shape index (κ2) is 43.2. The number of carboxylic acids is 2. The number of benzene rings is 6. The topological polar surface area (TPSA) is 414 Å². The number of ketones is 2. The van der Waals surface area contributed by atoms with Crippen LogP contribution in [0, 0.1) is 34.1 Å². The molecule has 0 spiro atoms. The predicted molar refractivity (Wildman–Crippen MR) is 511 cm³/mol. The Bertz CT molecular complexity index is 6350. The van der Waals surface area contributed by atoms with Gasteiger partial charge in [0.1, 0.15) is 68.2 Å². The van der Waals surface area contributed by atoms with Crippen LogP contribution in [0.25, 0.3) is 43.4 Å². The van der Waals surface area contributed by atoms with E-state index in [-0.39, 0.29) is 106 Å². The first kappa shape index (κ1) is 98.4. The number of hydrogen-bond donors (Lipinski definition) is 6. The van der Waals surface area contributed by atoms with Crippen LogP contribution < -0.4 is 0 Å². The van der Waals surface area contributed by atoms with E-state index in [1.165, 1.54) is 90.5 Å². The molecule has 0 bridgehead atoms. The van der Waals surface area contributed by atoms with Crippen LogP contribution in [0.3, 0.4) is 0 Å². The van der Waals surface area contributed by atoms with Gasteiger partial charge in [0.2, 0.25) is 0 Å². The molecule has 12 aromatic rings. The maximum Gasteiger partial charge on any atom is 0.348 e. The first-order valence-corrected chi connectivity index (χ1v) is 43.6. The number of carboxylic acid groups (broad SMARTS) is 2. The second-order valence-corrected chi connectivity index (χ2v) is 36.5. The fraction of sp³-hybridized carbons (Fsp3) is 0.255. The number of thiophene rings is 4. The van der Waals surface area contributed by atoms with E-state index in [9.17, 15) is 69.4 Å². The summed E-state index contributed by atoms with van der Waals surface area (Å²) in [5.41, 5.74) is 13.4. The molecule has 34 heteroatoms. The minimum Gasteiger partial charge on any atom is -0.506 e. The summed E-state index contributed by atoms with van der Waals surface area (Å²) in [5, 5.41) is 96.1. The Morgan fingerprint density at radius 3 is 1.13 bits per heavy atom. The predicted octanol–water partition coefficient (Wildman–Crippen LogP) is 20.2. The van der Waals surface area contributed by atoms with Gasteiger partial charge in [-0.25, -0.2) is 19.2 Å². The molecule has 0 radical (unpaired) electrons. The number of ether oxygens (including phenoxy) is 2. The maximum atomic E-state index is 12.4. The second-order valence-electron chi connectivity index (χ2n) is 31.4. The number of nitro groups is 2. The minimum atomic E-state index is -1.36. The third kappa shape index (κ3) is 25.1. The van der Waals surface area contributed by atoms with E-state index in [4.69, 9.17) is 34.6 Å². The van der Waals surface area contributed by atoms with E-state index in [0.717, 1.165) is 65.8 Å². The van der Waals surface area contributed by atoms with Gasteiger partial charge in [-0.3, -0.25) is 59.2 Å². The number of methoxy groups -OCH3 is 2. The standard InChI is InChI=1S/C27H28N2O5S2.C26H26N2O5S2.C21H21N3O4S.C20H19N3O4S/c1-16(22-15-36-25(24(22)30)18-7-9-19(10-8-18)27(2,3)4)28-14-20(35)12-17-6-11-21(26(31)34-5)23(13-17)29(32)33;1-15(21-14-35-24(23(21)29)17-6-8-18(9-7-17)26(2,3)4)27-13-19(34)11-16-5-10-20(25(30)31)22(12-16)28(32)33;1-12-5-7-14(8-6-12)19-20(26)18(23-24(19)3)13(2)22-11-15(25)16-9-10-17(29-16)21(27)28-4;1-11-4-6-13(7-5-11)18-19(25)17(22-23(18)3)12(2)21-10-14(24)15-8-9-16(28-15)20(26)27/h6-11,13,15,30H,12,14H2,1-5H3;5-10,12,14,29H,11,13H2,1-4H3,(H,30,31);5-10,26H,11H2,1-4H3;4-9,25H,10H2,1-3H3,(H,26,27). The van der Waals surface area contributed by atoms with Crippen LogP contribution in [0.1, 0.15) is 185 Å². The summed E-state index contributed by atoms with van der Waals surface area (Å²) in [4.78, 5) is 113. The fourth-order valence-electron chi connectivity index (χ4n) is 12.7. The number of carbonyl (C=O) groups is 6. The van der Waals surface area contributed by atoms with Crippen molar-refractivity contribution in [2.75, 3.05) is 40.4 Å². The molecule has 0 aliphatic carbocycles. The number of hydrogen-bond acceptors (Lipinski definition) is 28. The number of nitrogens with zero attached hydrogens (tertiary/aromatic N) is 10. The lowest BCUT2D eigenvalue weighted by Gasteiger charge is -2.19. The number of aliphatic imine (C=N–C) groups is 4. The lowest BCUT2D eigenvalue weighted by Crippen LogP contribution is -2.10. The molecule has 0 aliphatic heterocycles. The molecule has 12 rings (SSSR count). The van der Waals surface area contributed by atoms with Gasteiger partial charge in [-0.15, -0.1) is 45.3 Å². The Kier molecular flexibility index (Phi) is 33.2. The number of aryl methyl sites for hydroxylation is 4. The van der Waals surface area contributed by atoms with Crippen molar-refractivity contribution in [1.82, 2.24) is 19.6 Å². The summed E-state index contributed by atoms with van der Waals surface area (Å²) in [6.45, 7) is 24.0. The number of aromatic nitrogens is 4. The van der Waals surface area contributed by atoms with Gasteiger partial charge in [0, 0.05) is 93.2 Å². The molecule has 6 heterocycles. The quantitative estimate of drug-likeness (QED) is 0.00662. The number of aromatic carboxylic acids is 2. The molecule has 0 fully saturated rings. The zero-order valence-corrected chi connectivity index (χ0v) is 77.8. The summed E-state index contributed by atoms with van der Waals surface area (Å²) >= 11 is 15.7. The summed E-state index contributed by atoms with van der Waals surface area (Å²) in [6.07, 6.45) is 0.531. The smallest absolute Gasteiger partial charge is 0.348 e. The van der Waals surface area contributed by atoms with E-state index in [1.807, 2.05) is 104 Å². The molecule has 664 valence electrons. The normalized spacial score (nSPS) is 11.8. The van der Waals surface area contributed by atoms with Crippen LogP contribution in [0.5, 0.6) is 23.0 Å². The van der Waals surface area contributed by atoms with E-state index < -0.39 is 39.4 Å². The molecule has 0 unspecified atom stereocenters. The summed E-state index contributed by atoms with van der Waals surface area (Å²) in [5.74, 6) is -3.79. The minimum absolute atomic E-state index is 0.00402. The van der Waals surface area contributed by atoms with Gasteiger partial charge >= 0.3 is 23.9 Å². The number of esters is 2. The molecule has 0 saturated heterocycles. The van der Waals surface area contributed by atoms with Crippen molar-refractivity contribution in [3.8, 4) is 66.4 Å². The van der Waals surface area contributed by atoms with Crippen molar-refractivity contribution >= 4 is 149 Å².